The highest BCUT2D eigenvalue weighted by Crippen LogP contribution is 2.19. The SMILES string of the molecule is O=C(Cn1nnnc1CN1CCc2ccccc2C1)N[C@H]1CCN(Cc2ccccc2)C1. The van der Waals surface area contributed by atoms with Gasteiger partial charge in [-0.05, 0) is 40.0 Å². The van der Waals surface area contributed by atoms with Crippen molar-refractivity contribution in [3.05, 3.63) is 77.1 Å². The molecule has 1 aromatic heterocycles. The van der Waals surface area contributed by atoms with Crippen LogP contribution in [0.1, 0.15) is 28.9 Å². The van der Waals surface area contributed by atoms with E-state index in [4.69, 9.17) is 0 Å². The minimum Gasteiger partial charge on any atom is -0.350 e. The Balaban J connectivity index is 1.12. The fourth-order valence-electron chi connectivity index (χ4n) is 4.69. The predicted octanol–water partition coefficient (Wildman–Crippen LogP) is 1.62. The van der Waals surface area contributed by atoms with Gasteiger partial charge in [-0.25, -0.2) is 4.68 Å². The summed E-state index contributed by atoms with van der Waals surface area (Å²) in [4.78, 5) is 17.4. The summed E-state index contributed by atoms with van der Waals surface area (Å²) in [6.45, 7) is 5.43. The Morgan fingerprint density at radius 2 is 1.78 bits per heavy atom. The molecular formula is C24H29N7O. The quantitative estimate of drug-likeness (QED) is 0.613. The maximum atomic E-state index is 12.7. The Morgan fingerprint density at radius 1 is 0.969 bits per heavy atom. The maximum absolute atomic E-state index is 12.7. The van der Waals surface area contributed by atoms with E-state index in [-0.39, 0.29) is 18.5 Å². The minimum atomic E-state index is -0.0332. The summed E-state index contributed by atoms with van der Waals surface area (Å²) in [5, 5.41) is 15.2. The number of fused-ring (bicyclic) bond motifs is 1. The molecule has 0 aliphatic carbocycles. The number of amides is 1. The van der Waals surface area contributed by atoms with Crippen molar-refractivity contribution in [3.8, 4) is 0 Å². The van der Waals surface area contributed by atoms with Gasteiger partial charge in [0.15, 0.2) is 5.82 Å². The van der Waals surface area contributed by atoms with Gasteiger partial charge in [0.25, 0.3) is 0 Å². The molecule has 2 aliphatic heterocycles. The lowest BCUT2D eigenvalue weighted by atomic mass is 10.00. The first-order valence-corrected chi connectivity index (χ1v) is 11.3. The average molecular weight is 432 g/mol. The van der Waals surface area contributed by atoms with Gasteiger partial charge in [0.1, 0.15) is 6.54 Å². The molecule has 1 saturated heterocycles. The monoisotopic (exact) mass is 431 g/mol. The molecule has 2 aliphatic rings. The van der Waals surface area contributed by atoms with Crippen LogP contribution in [-0.4, -0.2) is 61.6 Å². The second-order valence-electron chi connectivity index (χ2n) is 8.76. The summed E-state index contributed by atoms with van der Waals surface area (Å²) in [6.07, 6.45) is 1.99. The number of hydrogen-bond donors (Lipinski definition) is 1. The molecule has 0 unspecified atom stereocenters. The molecule has 5 rings (SSSR count). The van der Waals surface area contributed by atoms with Gasteiger partial charge in [-0.1, -0.05) is 54.6 Å². The zero-order valence-electron chi connectivity index (χ0n) is 18.2. The molecule has 1 N–H and O–H groups in total. The third-order valence-electron chi connectivity index (χ3n) is 6.36. The Hall–Kier alpha value is -3.10. The van der Waals surface area contributed by atoms with Crippen LogP contribution in [0.2, 0.25) is 0 Å². The highest BCUT2D eigenvalue weighted by molar-refractivity contribution is 5.76. The van der Waals surface area contributed by atoms with Gasteiger partial charge in [0, 0.05) is 38.8 Å². The van der Waals surface area contributed by atoms with Crippen molar-refractivity contribution in [3.63, 3.8) is 0 Å². The van der Waals surface area contributed by atoms with E-state index in [9.17, 15) is 4.79 Å². The van der Waals surface area contributed by atoms with Crippen LogP contribution in [0, 0.1) is 0 Å². The third-order valence-corrected chi connectivity index (χ3v) is 6.36. The van der Waals surface area contributed by atoms with Crippen molar-refractivity contribution in [2.75, 3.05) is 19.6 Å². The van der Waals surface area contributed by atoms with Gasteiger partial charge in [-0.15, -0.1) is 5.10 Å². The molecule has 0 bridgehead atoms. The van der Waals surface area contributed by atoms with Crippen LogP contribution in [-0.2, 0) is 37.4 Å². The van der Waals surface area contributed by atoms with E-state index in [2.05, 4.69) is 79.2 Å². The Morgan fingerprint density at radius 3 is 2.66 bits per heavy atom. The van der Waals surface area contributed by atoms with Crippen LogP contribution < -0.4 is 5.32 Å². The van der Waals surface area contributed by atoms with E-state index in [1.165, 1.54) is 16.7 Å². The van der Waals surface area contributed by atoms with Gasteiger partial charge in [0.2, 0.25) is 5.91 Å². The first-order chi connectivity index (χ1) is 15.7. The molecule has 3 aromatic rings. The van der Waals surface area contributed by atoms with Gasteiger partial charge in [-0.3, -0.25) is 14.6 Å². The largest absolute Gasteiger partial charge is 0.350 e. The second-order valence-corrected chi connectivity index (χ2v) is 8.76. The number of nitrogens with zero attached hydrogens (tertiary/aromatic N) is 6. The van der Waals surface area contributed by atoms with E-state index < -0.39 is 0 Å². The van der Waals surface area contributed by atoms with Crippen molar-refractivity contribution >= 4 is 5.91 Å². The molecular weight excluding hydrogens is 402 g/mol. The number of hydrogen-bond acceptors (Lipinski definition) is 6. The normalized spacial score (nSPS) is 19.1. The molecule has 8 heteroatoms. The summed E-state index contributed by atoms with van der Waals surface area (Å²) >= 11 is 0. The molecule has 32 heavy (non-hydrogen) atoms. The first kappa shape index (κ1) is 20.8. The summed E-state index contributed by atoms with van der Waals surface area (Å²) in [7, 11) is 0. The number of nitrogens with one attached hydrogen (secondary N) is 1. The maximum Gasteiger partial charge on any atom is 0.242 e. The minimum absolute atomic E-state index is 0.0332. The zero-order valence-corrected chi connectivity index (χ0v) is 18.2. The summed E-state index contributed by atoms with van der Waals surface area (Å²) in [5.74, 6) is 0.700. The molecule has 166 valence electrons. The number of carbonyl (C=O) groups is 1. The number of rotatable bonds is 7. The topological polar surface area (TPSA) is 79.2 Å². The molecule has 2 aromatic carbocycles. The van der Waals surface area contributed by atoms with Crippen LogP contribution in [0.5, 0.6) is 0 Å². The van der Waals surface area contributed by atoms with Crippen LogP contribution in [0.4, 0.5) is 0 Å². The molecule has 1 atom stereocenters. The van der Waals surface area contributed by atoms with E-state index in [0.717, 1.165) is 51.4 Å². The number of aromatic nitrogens is 4. The smallest absolute Gasteiger partial charge is 0.242 e. The van der Waals surface area contributed by atoms with Crippen molar-refractivity contribution in [1.29, 1.82) is 0 Å². The summed E-state index contributed by atoms with van der Waals surface area (Å²) in [5.41, 5.74) is 4.08. The zero-order chi connectivity index (χ0) is 21.8. The molecule has 0 spiro atoms. The van der Waals surface area contributed by atoms with E-state index >= 15 is 0 Å². The van der Waals surface area contributed by atoms with Crippen LogP contribution in [0.15, 0.2) is 54.6 Å². The van der Waals surface area contributed by atoms with E-state index in [0.29, 0.717) is 6.54 Å². The summed E-state index contributed by atoms with van der Waals surface area (Å²) in [6, 6.07) is 19.2. The van der Waals surface area contributed by atoms with E-state index in [1.807, 2.05) is 6.07 Å². The highest BCUT2D eigenvalue weighted by Gasteiger charge is 2.25. The van der Waals surface area contributed by atoms with Crippen molar-refractivity contribution in [1.82, 2.24) is 35.3 Å². The average Bonchev–Trinajstić information content (AvgIpc) is 3.43. The molecule has 0 saturated carbocycles. The van der Waals surface area contributed by atoms with Crippen LogP contribution in [0.25, 0.3) is 0 Å². The number of tetrazole rings is 1. The Bertz CT molecular complexity index is 1050. The lowest BCUT2D eigenvalue weighted by Crippen LogP contribution is -2.39. The Kier molecular flexibility index (Phi) is 6.22. The van der Waals surface area contributed by atoms with E-state index in [1.54, 1.807) is 4.68 Å². The van der Waals surface area contributed by atoms with Gasteiger partial charge in [-0.2, -0.15) is 0 Å². The lowest BCUT2D eigenvalue weighted by Gasteiger charge is -2.28. The lowest BCUT2D eigenvalue weighted by molar-refractivity contribution is -0.122. The summed E-state index contributed by atoms with van der Waals surface area (Å²) < 4.78 is 1.63. The molecule has 1 amide bonds. The molecule has 3 heterocycles. The fourth-order valence-corrected chi connectivity index (χ4v) is 4.69. The third kappa shape index (κ3) is 5.03. The van der Waals surface area contributed by atoms with Crippen molar-refractivity contribution in [2.45, 2.75) is 45.1 Å². The number of carbonyl (C=O) groups excluding carboxylic acids is 1. The number of benzene rings is 2. The van der Waals surface area contributed by atoms with Crippen molar-refractivity contribution in [2.24, 2.45) is 0 Å². The Labute approximate surface area is 188 Å². The molecule has 8 nitrogen and oxygen atoms in total. The molecule has 1 fully saturated rings. The van der Waals surface area contributed by atoms with Crippen LogP contribution in [0.3, 0.4) is 0 Å². The molecule has 0 radical (unpaired) electrons. The highest BCUT2D eigenvalue weighted by atomic mass is 16.2. The fraction of sp³-hybridized carbons (Fsp3) is 0.417. The van der Waals surface area contributed by atoms with Gasteiger partial charge in [0.05, 0.1) is 6.54 Å². The predicted molar refractivity (Wildman–Crippen MR) is 120 cm³/mol. The first-order valence-electron chi connectivity index (χ1n) is 11.3. The second kappa shape index (κ2) is 9.58. The van der Waals surface area contributed by atoms with Gasteiger partial charge < -0.3 is 5.32 Å². The van der Waals surface area contributed by atoms with Crippen LogP contribution >= 0.6 is 0 Å². The van der Waals surface area contributed by atoms with Gasteiger partial charge >= 0.3 is 0 Å². The van der Waals surface area contributed by atoms with Crippen molar-refractivity contribution < 1.29 is 4.79 Å². The number of likely N-dealkylation sites (tertiary alicyclic amines) is 1. The standard InChI is InChI=1S/C24H29N7O/c32-24(25-22-11-13-29(16-22)14-19-6-2-1-3-7-19)18-31-23(26-27-28-31)17-30-12-10-20-8-4-5-9-21(20)15-30/h1-9,22H,10-18H2,(H,25,32)/t22-/m0/s1.